The van der Waals surface area contributed by atoms with E-state index in [1.54, 1.807) is 11.3 Å². The molecule has 2 aromatic rings. The number of benzene rings is 1. The van der Waals surface area contributed by atoms with E-state index in [-0.39, 0.29) is 11.9 Å². The fraction of sp³-hybridized carbons (Fsp3) is 0.286. The zero-order valence-corrected chi connectivity index (χ0v) is 12.5. The van der Waals surface area contributed by atoms with Crippen molar-refractivity contribution in [2.75, 3.05) is 6.54 Å². The first kappa shape index (κ1) is 13.7. The third-order valence-electron chi connectivity index (χ3n) is 2.70. The smallest absolute Gasteiger partial charge is 0.124 e. The lowest BCUT2D eigenvalue weighted by molar-refractivity contribution is 0.596. The second-order valence-corrected chi connectivity index (χ2v) is 5.90. The highest BCUT2D eigenvalue weighted by molar-refractivity contribution is 9.10. The van der Waals surface area contributed by atoms with Crippen molar-refractivity contribution in [3.8, 4) is 0 Å². The maximum absolute atomic E-state index is 13.2. The van der Waals surface area contributed by atoms with Crippen LogP contribution in [0.15, 0.2) is 40.2 Å². The number of nitrogens with one attached hydrogen (secondary N) is 1. The molecule has 2 rings (SSSR count). The Labute approximate surface area is 119 Å². The van der Waals surface area contributed by atoms with Crippen molar-refractivity contribution in [3.05, 3.63) is 56.4 Å². The van der Waals surface area contributed by atoms with Gasteiger partial charge < -0.3 is 5.32 Å². The Bertz CT molecular complexity index is 499. The number of thiophene rings is 1. The third kappa shape index (κ3) is 3.19. The zero-order chi connectivity index (χ0) is 13.0. The summed E-state index contributed by atoms with van der Waals surface area (Å²) in [5.74, 6) is -0.217. The highest BCUT2D eigenvalue weighted by atomic mass is 79.9. The van der Waals surface area contributed by atoms with Crippen LogP contribution < -0.4 is 5.32 Å². The molecule has 0 saturated carbocycles. The normalized spacial score (nSPS) is 12.6. The molecule has 0 bridgehead atoms. The first-order chi connectivity index (χ1) is 8.72. The van der Waals surface area contributed by atoms with Gasteiger partial charge in [0.15, 0.2) is 0 Å². The van der Waals surface area contributed by atoms with Gasteiger partial charge in [-0.25, -0.2) is 4.39 Å². The lowest BCUT2D eigenvalue weighted by Gasteiger charge is -2.19. The van der Waals surface area contributed by atoms with E-state index >= 15 is 0 Å². The maximum atomic E-state index is 13.2. The van der Waals surface area contributed by atoms with E-state index < -0.39 is 0 Å². The quantitative estimate of drug-likeness (QED) is 0.836. The first-order valence-electron chi connectivity index (χ1n) is 5.94. The van der Waals surface area contributed by atoms with Crippen LogP contribution in [0.5, 0.6) is 0 Å². The van der Waals surface area contributed by atoms with Gasteiger partial charge in [-0.15, -0.1) is 11.3 Å². The molecule has 18 heavy (non-hydrogen) atoms. The molecule has 0 amide bonds. The second kappa shape index (κ2) is 6.45. The summed E-state index contributed by atoms with van der Waals surface area (Å²) in [6.45, 7) is 3.07. The molecule has 0 fully saturated rings. The summed E-state index contributed by atoms with van der Waals surface area (Å²) < 4.78 is 14.0. The monoisotopic (exact) mass is 327 g/mol. The van der Waals surface area contributed by atoms with Crippen LogP contribution in [0, 0.1) is 5.82 Å². The van der Waals surface area contributed by atoms with Crippen LogP contribution in [0.4, 0.5) is 4.39 Å². The minimum atomic E-state index is -0.217. The summed E-state index contributed by atoms with van der Waals surface area (Å²) in [5, 5.41) is 5.57. The van der Waals surface area contributed by atoms with Gasteiger partial charge >= 0.3 is 0 Å². The fourth-order valence-corrected chi connectivity index (χ4v) is 3.24. The van der Waals surface area contributed by atoms with Crippen molar-refractivity contribution in [3.63, 3.8) is 0 Å². The summed E-state index contributed by atoms with van der Waals surface area (Å²) in [5.41, 5.74) is 1.08. The van der Waals surface area contributed by atoms with Gasteiger partial charge in [-0.1, -0.05) is 35.0 Å². The summed E-state index contributed by atoms with van der Waals surface area (Å²) in [7, 11) is 0. The zero-order valence-electron chi connectivity index (χ0n) is 10.1. The molecule has 1 heterocycles. The molecule has 0 aliphatic carbocycles. The molecule has 1 unspecified atom stereocenters. The molecule has 1 aromatic carbocycles. The molecule has 1 N–H and O–H groups in total. The van der Waals surface area contributed by atoms with Gasteiger partial charge in [0.2, 0.25) is 0 Å². The van der Waals surface area contributed by atoms with E-state index in [0.29, 0.717) is 0 Å². The van der Waals surface area contributed by atoms with Crippen molar-refractivity contribution in [1.82, 2.24) is 5.32 Å². The molecule has 0 aliphatic rings. The minimum absolute atomic E-state index is 0.125. The molecule has 1 atom stereocenters. The van der Waals surface area contributed by atoms with Crippen LogP contribution in [0.1, 0.15) is 29.8 Å². The van der Waals surface area contributed by atoms with Crippen LogP contribution in [0.3, 0.4) is 0 Å². The predicted molar refractivity (Wildman–Crippen MR) is 78.6 cm³/mol. The predicted octanol–water partition coefficient (Wildman–Crippen LogP) is 4.74. The fourth-order valence-electron chi connectivity index (χ4n) is 1.84. The van der Waals surface area contributed by atoms with Crippen molar-refractivity contribution in [1.29, 1.82) is 0 Å². The molecule has 4 heteroatoms. The van der Waals surface area contributed by atoms with Gasteiger partial charge in [0.1, 0.15) is 5.82 Å². The Morgan fingerprint density at radius 1 is 1.39 bits per heavy atom. The van der Waals surface area contributed by atoms with Crippen molar-refractivity contribution in [2.24, 2.45) is 0 Å². The van der Waals surface area contributed by atoms with Crippen LogP contribution in [-0.2, 0) is 0 Å². The number of hydrogen-bond donors (Lipinski definition) is 1. The lowest BCUT2D eigenvalue weighted by Crippen LogP contribution is -2.22. The number of rotatable bonds is 5. The summed E-state index contributed by atoms with van der Waals surface area (Å²) in [6, 6.07) is 9.14. The molecule has 1 aromatic heterocycles. The van der Waals surface area contributed by atoms with Gasteiger partial charge in [-0.05, 0) is 42.1 Å². The highest BCUT2D eigenvalue weighted by Gasteiger charge is 2.17. The molecule has 0 aliphatic heterocycles. The van der Waals surface area contributed by atoms with E-state index in [4.69, 9.17) is 0 Å². The van der Waals surface area contributed by atoms with Crippen molar-refractivity contribution < 1.29 is 4.39 Å². The summed E-state index contributed by atoms with van der Waals surface area (Å²) >= 11 is 5.16. The lowest BCUT2D eigenvalue weighted by atomic mass is 10.1. The molecule has 1 nitrogen and oxygen atoms in total. The molecular formula is C14H15BrFNS. The Kier molecular flexibility index (Phi) is 4.92. The maximum Gasteiger partial charge on any atom is 0.124 e. The highest BCUT2D eigenvalue weighted by Crippen LogP contribution is 2.31. The standard InChI is InChI=1S/C14H15BrFNS/c1-2-7-17-14(13-4-3-8-18-13)11-6-5-10(16)9-12(11)15/h3-6,8-9,14,17H,2,7H2,1H3. The van der Waals surface area contributed by atoms with E-state index in [9.17, 15) is 4.39 Å². The second-order valence-electron chi connectivity index (χ2n) is 4.07. The van der Waals surface area contributed by atoms with Gasteiger partial charge in [0, 0.05) is 9.35 Å². The van der Waals surface area contributed by atoms with Gasteiger partial charge in [0.25, 0.3) is 0 Å². The van der Waals surface area contributed by atoms with Crippen LogP contribution >= 0.6 is 27.3 Å². The first-order valence-corrected chi connectivity index (χ1v) is 7.61. The Morgan fingerprint density at radius 2 is 2.22 bits per heavy atom. The third-order valence-corrected chi connectivity index (χ3v) is 4.32. The van der Waals surface area contributed by atoms with Gasteiger partial charge in [-0.3, -0.25) is 0 Å². The number of hydrogen-bond acceptors (Lipinski definition) is 2. The summed E-state index contributed by atoms with van der Waals surface area (Å²) in [6.07, 6.45) is 1.07. The average Bonchev–Trinajstić information content (AvgIpc) is 2.85. The van der Waals surface area contributed by atoms with E-state index in [1.807, 2.05) is 12.1 Å². The van der Waals surface area contributed by atoms with Crippen LogP contribution in [0.25, 0.3) is 0 Å². The van der Waals surface area contributed by atoms with E-state index in [2.05, 4.69) is 39.6 Å². The van der Waals surface area contributed by atoms with Crippen molar-refractivity contribution in [2.45, 2.75) is 19.4 Å². The Morgan fingerprint density at radius 3 is 2.83 bits per heavy atom. The van der Waals surface area contributed by atoms with E-state index in [0.717, 1.165) is 23.0 Å². The topological polar surface area (TPSA) is 12.0 Å². The largest absolute Gasteiger partial charge is 0.306 e. The van der Waals surface area contributed by atoms with Crippen LogP contribution in [-0.4, -0.2) is 6.54 Å². The van der Waals surface area contributed by atoms with E-state index in [1.165, 1.54) is 17.0 Å². The molecule has 0 radical (unpaired) electrons. The molecular weight excluding hydrogens is 313 g/mol. The Balaban J connectivity index is 2.33. The van der Waals surface area contributed by atoms with Gasteiger partial charge in [0.05, 0.1) is 6.04 Å². The molecule has 0 spiro atoms. The number of halogens is 2. The summed E-state index contributed by atoms with van der Waals surface area (Å²) in [4.78, 5) is 1.25. The van der Waals surface area contributed by atoms with Gasteiger partial charge in [-0.2, -0.15) is 0 Å². The minimum Gasteiger partial charge on any atom is -0.306 e. The molecule has 0 saturated heterocycles. The van der Waals surface area contributed by atoms with Crippen molar-refractivity contribution >= 4 is 27.3 Å². The SMILES string of the molecule is CCCNC(c1cccs1)c1ccc(F)cc1Br. The Hall–Kier alpha value is -0.710. The average molecular weight is 328 g/mol. The molecule has 96 valence electrons. The van der Waals surface area contributed by atoms with Crippen LogP contribution in [0.2, 0.25) is 0 Å².